The Labute approximate surface area is 123 Å². The highest BCUT2D eigenvalue weighted by Crippen LogP contribution is 2.23. The lowest BCUT2D eigenvalue weighted by molar-refractivity contribution is -0.130. The van der Waals surface area contributed by atoms with E-state index in [1.165, 1.54) is 0 Å². The van der Waals surface area contributed by atoms with Crippen LogP contribution in [0.1, 0.15) is 24.2 Å². The number of ether oxygens (including phenoxy) is 1. The van der Waals surface area contributed by atoms with Gasteiger partial charge in [-0.2, -0.15) is 0 Å². The van der Waals surface area contributed by atoms with Gasteiger partial charge in [-0.15, -0.1) is 0 Å². The fourth-order valence-corrected chi connectivity index (χ4v) is 1.87. The highest BCUT2D eigenvalue weighted by Gasteiger charge is 2.09. The maximum atomic E-state index is 11.9. The number of Topliss-reactive ketones (excluding diaryl/α,β-unsaturated/α-hetero) is 1. The molecule has 0 aliphatic heterocycles. The lowest BCUT2D eigenvalue weighted by Gasteiger charge is -2.07. The smallest absolute Gasteiger partial charge is 0.338 e. The average Bonchev–Trinajstić information content (AvgIpc) is 2.45. The summed E-state index contributed by atoms with van der Waals surface area (Å²) < 4.78 is 5.18. The van der Waals surface area contributed by atoms with Crippen LogP contribution in [0.3, 0.4) is 0 Å². The first kappa shape index (κ1) is 14.7. The van der Waals surface area contributed by atoms with Gasteiger partial charge in [-0.05, 0) is 48.4 Å². The second kappa shape index (κ2) is 5.75. The molecule has 2 rings (SSSR count). The predicted molar refractivity (Wildman–Crippen MR) is 83.5 cm³/mol. The quantitative estimate of drug-likeness (QED) is 0.367. The molecule has 21 heavy (non-hydrogen) atoms. The van der Waals surface area contributed by atoms with Gasteiger partial charge in [-0.25, -0.2) is 4.79 Å². The summed E-state index contributed by atoms with van der Waals surface area (Å²) in [6.07, 6.45) is 0. The standard InChI is InChI=1S/C18H16O3/c1-11(2)17(19)15-6-5-14-10-16(8-7-13(14)9-15)21-18(20)12(3)4/h5-10H,1,3H2,2,4H3. The molecule has 0 aliphatic carbocycles. The zero-order valence-corrected chi connectivity index (χ0v) is 12.1. The molecule has 0 aliphatic rings. The Morgan fingerprint density at radius 2 is 1.52 bits per heavy atom. The predicted octanol–water partition coefficient (Wildman–Crippen LogP) is 4.08. The maximum Gasteiger partial charge on any atom is 0.338 e. The van der Waals surface area contributed by atoms with Crippen LogP contribution in [0.25, 0.3) is 10.8 Å². The molecule has 0 saturated carbocycles. The van der Waals surface area contributed by atoms with Crippen molar-refractivity contribution in [3.63, 3.8) is 0 Å². The van der Waals surface area contributed by atoms with Gasteiger partial charge in [0, 0.05) is 11.1 Å². The van der Waals surface area contributed by atoms with Gasteiger partial charge in [0.2, 0.25) is 0 Å². The monoisotopic (exact) mass is 280 g/mol. The van der Waals surface area contributed by atoms with Crippen molar-refractivity contribution < 1.29 is 14.3 Å². The molecule has 3 nitrogen and oxygen atoms in total. The van der Waals surface area contributed by atoms with Crippen LogP contribution in [0.2, 0.25) is 0 Å². The van der Waals surface area contributed by atoms with Gasteiger partial charge in [-0.1, -0.05) is 31.4 Å². The molecular weight excluding hydrogens is 264 g/mol. The number of rotatable bonds is 4. The van der Waals surface area contributed by atoms with Gasteiger partial charge < -0.3 is 4.74 Å². The van der Waals surface area contributed by atoms with E-state index in [-0.39, 0.29) is 5.78 Å². The minimum atomic E-state index is -0.455. The van der Waals surface area contributed by atoms with Crippen LogP contribution in [0, 0.1) is 0 Å². The molecule has 0 N–H and O–H groups in total. The number of benzene rings is 2. The molecule has 0 unspecified atom stereocenters. The van der Waals surface area contributed by atoms with Crippen molar-refractivity contribution in [1.82, 2.24) is 0 Å². The fraction of sp³-hybridized carbons (Fsp3) is 0.111. The lowest BCUT2D eigenvalue weighted by Crippen LogP contribution is -2.08. The summed E-state index contributed by atoms with van der Waals surface area (Å²) in [7, 11) is 0. The van der Waals surface area contributed by atoms with Gasteiger partial charge in [0.25, 0.3) is 0 Å². The van der Waals surface area contributed by atoms with Gasteiger partial charge in [-0.3, -0.25) is 4.79 Å². The molecule has 2 aromatic carbocycles. The SMILES string of the molecule is C=C(C)C(=O)Oc1ccc2cc(C(=O)C(=C)C)ccc2c1. The Kier molecular flexibility index (Phi) is 4.03. The average molecular weight is 280 g/mol. The number of hydrogen-bond donors (Lipinski definition) is 0. The summed E-state index contributed by atoms with van der Waals surface area (Å²) in [6, 6.07) is 10.6. The van der Waals surface area contributed by atoms with E-state index in [0.717, 1.165) is 10.8 Å². The third-order valence-electron chi connectivity index (χ3n) is 3.02. The number of allylic oxidation sites excluding steroid dienone is 1. The minimum Gasteiger partial charge on any atom is -0.423 e. The summed E-state index contributed by atoms with van der Waals surface area (Å²) >= 11 is 0. The van der Waals surface area contributed by atoms with E-state index >= 15 is 0 Å². The highest BCUT2D eigenvalue weighted by atomic mass is 16.5. The van der Waals surface area contributed by atoms with Gasteiger partial charge in [0.15, 0.2) is 5.78 Å². The minimum absolute atomic E-state index is 0.0744. The first-order chi connectivity index (χ1) is 9.88. The molecule has 0 spiro atoms. The Balaban J connectivity index is 2.36. The highest BCUT2D eigenvalue weighted by molar-refractivity contribution is 6.09. The van der Waals surface area contributed by atoms with E-state index in [9.17, 15) is 9.59 Å². The molecule has 0 radical (unpaired) electrons. The number of carbonyl (C=O) groups is 2. The topological polar surface area (TPSA) is 43.4 Å². The lowest BCUT2D eigenvalue weighted by atomic mass is 10.0. The van der Waals surface area contributed by atoms with Crippen LogP contribution in [-0.4, -0.2) is 11.8 Å². The molecule has 0 atom stereocenters. The zero-order chi connectivity index (χ0) is 15.6. The van der Waals surface area contributed by atoms with E-state index in [1.54, 1.807) is 38.1 Å². The third-order valence-corrected chi connectivity index (χ3v) is 3.02. The van der Waals surface area contributed by atoms with Gasteiger partial charge >= 0.3 is 5.97 Å². The number of fused-ring (bicyclic) bond motifs is 1. The van der Waals surface area contributed by atoms with E-state index < -0.39 is 5.97 Å². The van der Waals surface area contributed by atoms with Crippen LogP contribution < -0.4 is 4.74 Å². The van der Waals surface area contributed by atoms with Crippen molar-refractivity contribution in [2.24, 2.45) is 0 Å². The number of ketones is 1. The molecule has 0 bridgehead atoms. The summed E-state index contributed by atoms with van der Waals surface area (Å²) in [4.78, 5) is 23.4. The summed E-state index contributed by atoms with van der Waals surface area (Å²) in [5.41, 5.74) is 1.44. The van der Waals surface area contributed by atoms with Crippen LogP contribution >= 0.6 is 0 Å². The zero-order valence-electron chi connectivity index (χ0n) is 12.1. The van der Waals surface area contributed by atoms with Gasteiger partial charge in [0.05, 0.1) is 0 Å². The van der Waals surface area contributed by atoms with Crippen molar-refractivity contribution in [2.45, 2.75) is 13.8 Å². The first-order valence-corrected chi connectivity index (χ1v) is 6.50. The van der Waals surface area contributed by atoms with Crippen molar-refractivity contribution in [1.29, 1.82) is 0 Å². The molecular formula is C18H16O3. The second-order valence-corrected chi connectivity index (χ2v) is 5.00. The van der Waals surface area contributed by atoms with Crippen molar-refractivity contribution >= 4 is 22.5 Å². The number of carbonyl (C=O) groups excluding carboxylic acids is 2. The molecule has 3 heteroatoms. The van der Waals surface area contributed by atoms with Crippen molar-refractivity contribution in [3.8, 4) is 5.75 Å². The Hall–Kier alpha value is -2.68. The van der Waals surface area contributed by atoms with E-state index in [4.69, 9.17) is 4.74 Å². The molecule has 0 aromatic heterocycles. The molecule has 2 aromatic rings. The summed E-state index contributed by atoms with van der Waals surface area (Å²) in [5, 5.41) is 1.79. The van der Waals surface area contributed by atoms with Crippen molar-refractivity contribution in [2.75, 3.05) is 0 Å². The largest absolute Gasteiger partial charge is 0.423 e. The molecule has 0 heterocycles. The third kappa shape index (κ3) is 3.26. The van der Waals surface area contributed by atoms with E-state index in [2.05, 4.69) is 13.2 Å². The van der Waals surface area contributed by atoms with Crippen LogP contribution in [0.15, 0.2) is 60.7 Å². The number of esters is 1. The summed E-state index contributed by atoms with van der Waals surface area (Å²) in [6.45, 7) is 10.5. The Bertz CT molecular complexity index is 769. The molecule has 0 saturated heterocycles. The maximum absolute atomic E-state index is 11.9. The summed E-state index contributed by atoms with van der Waals surface area (Å²) in [5.74, 6) is -0.0763. The van der Waals surface area contributed by atoms with Crippen LogP contribution in [0.5, 0.6) is 5.75 Å². The molecule has 0 amide bonds. The van der Waals surface area contributed by atoms with Crippen molar-refractivity contribution in [3.05, 3.63) is 66.3 Å². The first-order valence-electron chi connectivity index (χ1n) is 6.50. The number of hydrogen-bond acceptors (Lipinski definition) is 3. The molecule has 0 fully saturated rings. The normalized spacial score (nSPS) is 10.2. The van der Waals surface area contributed by atoms with Gasteiger partial charge in [0.1, 0.15) is 5.75 Å². The fourth-order valence-electron chi connectivity index (χ4n) is 1.87. The van der Waals surface area contributed by atoms with Crippen LogP contribution in [0.4, 0.5) is 0 Å². The second-order valence-electron chi connectivity index (χ2n) is 5.00. The van der Waals surface area contributed by atoms with E-state index in [1.807, 2.05) is 12.1 Å². The van der Waals surface area contributed by atoms with Crippen LogP contribution in [-0.2, 0) is 4.79 Å². The Morgan fingerprint density at radius 3 is 2.14 bits per heavy atom. The van der Waals surface area contributed by atoms with E-state index in [0.29, 0.717) is 22.5 Å². The Morgan fingerprint density at radius 1 is 0.905 bits per heavy atom. The molecule has 106 valence electrons.